The minimum absolute atomic E-state index is 0.365. The third-order valence-corrected chi connectivity index (χ3v) is 31.8. The molecule has 3 atom stereocenters. The lowest BCUT2D eigenvalue weighted by Crippen LogP contribution is -2.65. The average Bonchev–Trinajstić information content (AvgIpc) is 3.57. The molecule has 0 saturated carbocycles. The van der Waals surface area contributed by atoms with Gasteiger partial charge in [-0.05, 0) is 65.1 Å². The summed E-state index contributed by atoms with van der Waals surface area (Å²) < 4.78 is 24.4. The molecule has 0 aromatic rings. The van der Waals surface area contributed by atoms with E-state index in [4.69, 9.17) is 32.7 Å². The molecule has 3 unspecified atom stereocenters. The van der Waals surface area contributed by atoms with Gasteiger partial charge in [0.05, 0.1) is 20.8 Å². The summed E-state index contributed by atoms with van der Waals surface area (Å²) in [7, 11) is -11.7. The standard InChI is InChI=1S/C8H18O3Si.C7H20O3Si3.C3H10OSi.C3H6.CH6OSi.H2O2Si/c1-12(2,9)5-3-4-10-6-8-7-11-8;1-12(2)7-5-4-6-10-13(3,9)11(12)8;1-5(2,3)4;3*1-3-2/h8-9H,3-7H2,1-2H3;8-9,11H,4-7H2,1-3H3;4H,1-3H3;3H,1H2,2H3;2H,3H2,1H3;1,3H. The van der Waals surface area contributed by atoms with Crippen LogP contribution in [0.5, 0.6) is 0 Å². The lowest BCUT2D eigenvalue weighted by atomic mass is 10.4. The summed E-state index contributed by atoms with van der Waals surface area (Å²) in [5.74, 6) is 0. The van der Waals surface area contributed by atoms with Crippen molar-refractivity contribution in [1.29, 1.82) is 0 Å². The number of rotatable bonds is 6. The van der Waals surface area contributed by atoms with E-state index in [0.29, 0.717) is 12.7 Å². The summed E-state index contributed by atoms with van der Waals surface area (Å²) in [6.45, 7) is 25.8. The topological polar surface area (TPSA) is 169 Å². The van der Waals surface area contributed by atoms with Crippen LogP contribution in [0.25, 0.3) is 0 Å². The molecule has 0 radical (unpaired) electrons. The molecule has 0 aromatic carbocycles. The Labute approximate surface area is 248 Å². The van der Waals surface area contributed by atoms with E-state index in [0.717, 1.165) is 51.2 Å². The maximum absolute atomic E-state index is 10.2. The highest BCUT2D eigenvalue weighted by Crippen LogP contribution is 2.24. The lowest BCUT2D eigenvalue weighted by molar-refractivity contribution is 0.116. The predicted octanol–water partition coefficient (Wildman–Crippen LogP) is 1.22. The fraction of sp³-hybridized carbons (Fsp3) is 0.909. The number of epoxide rings is 1. The van der Waals surface area contributed by atoms with Crippen molar-refractivity contribution in [3.8, 4) is 0 Å². The van der Waals surface area contributed by atoms with Crippen molar-refractivity contribution in [2.75, 3.05) is 26.4 Å². The van der Waals surface area contributed by atoms with E-state index < -0.39 is 59.8 Å². The normalized spacial score (nSPS) is 23.6. The molecule has 2 saturated heterocycles. The largest absolute Gasteiger partial charge is 0.541 e. The summed E-state index contributed by atoms with van der Waals surface area (Å²) >= 11 is 0. The van der Waals surface area contributed by atoms with Crippen molar-refractivity contribution in [3.63, 3.8) is 0 Å². The second-order valence-electron chi connectivity index (χ2n) is 11.7. The van der Waals surface area contributed by atoms with Crippen LogP contribution in [-0.4, -0.2) is 121 Å². The van der Waals surface area contributed by atoms with Crippen LogP contribution in [0.4, 0.5) is 0 Å². The molecular formula is C22H62O10Si7. The Kier molecular flexibility index (Phi) is 31.2. The number of hydrogen-bond donors (Lipinski definition) is 6. The molecule has 10 nitrogen and oxygen atoms in total. The van der Waals surface area contributed by atoms with Crippen molar-refractivity contribution >= 4 is 59.8 Å². The van der Waals surface area contributed by atoms with Gasteiger partial charge in [-0.3, -0.25) is 0 Å². The average molecular weight is 683 g/mol. The minimum Gasteiger partial charge on any atom is -0.541 e. The van der Waals surface area contributed by atoms with Crippen molar-refractivity contribution in [2.24, 2.45) is 0 Å². The summed E-state index contributed by atoms with van der Waals surface area (Å²) in [5.41, 5.74) is 0. The second-order valence-corrected chi connectivity index (χ2v) is 41.6. The Morgan fingerprint density at radius 3 is 1.95 bits per heavy atom. The van der Waals surface area contributed by atoms with Crippen LogP contribution < -0.4 is 0 Å². The molecule has 0 bridgehead atoms. The molecule has 2 heterocycles. The Balaban J connectivity index is -0.000000215. The van der Waals surface area contributed by atoms with Gasteiger partial charge in [0.15, 0.2) is 26.4 Å². The Hall–Kier alpha value is 0.538. The Morgan fingerprint density at radius 1 is 1.18 bits per heavy atom. The third-order valence-electron chi connectivity index (χ3n) is 4.64. The number of ether oxygens (including phenoxy) is 2. The SMILES string of the molecule is C=CC.C[SiH2]O.C[Si](C)(C)O.C[Si](C)(O)CCCOCC1CO1.C[Si]1(C)CCCCO[Si](C)(O)[SiH]1O.O=[SiH]O. The lowest BCUT2D eigenvalue weighted by Gasteiger charge is -2.36. The fourth-order valence-electron chi connectivity index (χ4n) is 2.89. The molecule has 0 aliphatic carbocycles. The van der Waals surface area contributed by atoms with Gasteiger partial charge in [-0.1, -0.05) is 38.2 Å². The highest BCUT2D eigenvalue weighted by Gasteiger charge is 2.49. The highest BCUT2D eigenvalue weighted by molar-refractivity contribution is 7.55. The predicted molar refractivity (Wildman–Crippen MR) is 178 cm³/mol. The van der Waals surface area contributed by atoms with E-state index in [9.17, 15) is 14.4 Å². The van der Waals surface area contributed by atoms with E-state index in [1.54, 1.807) is 12.6 Å². The molecule has 0 amide bonds. The number of allylic oxidation sites excluding steroid dienone is 1. The van der Waals surface area contributed by atoms with Gasteiger partial charge < -0.3 is 47.1 Å². The van der Waals surface area contributed by atoms with Crippen LogP contribution in [0, 0.1) is 0 Å². The maximum Gasteiger partial charge on any atom is 0.484 e. The molecular weight excluding hydrogens is 621 g/mol. The van der Waals surface area contributed by atoms with Crippen LogP contribution in [-0.2, 0) is 18.4 Å². The first-order valence-electron chi connectivity index (χ1n) is 13.6. The van der Waals surface area contributed by atoms with Gasteiger partial charge in [0.25, 0.3) is 0 Å². The zero-order chi connectivity index (χ0) is 31.8. The molecule has 2 fully saturated rings. The van der Waals surface area contributed by atoms with Gasteiger partial charge in [-0.2, -0.15) is 0 Å². The van der Waals surface area contributed by atoms with Gasteiger partial charge in [0, 0.05) is 13.2 Å². The molecule has 238 valence electrons. The fourth-order valence-corrected chi connectivity index (χ4v) is 29.2. The first kappa shape index (κ1) is 46.5. The first-order chi connectivity index (χ1) is 17.7. The Morgan fingerprint density at radius 2 is 1.59 bits per heavy atom. The molecule has 0 aromatic heterocycles. The van der Waals surface area contributed by atoms with Gasteiger partial charge in [0.1, 0.15) is 6.10 Å². The van der Waals surface area contributed by atoms with Gasteiger partial charge in [0.2, 0.25) is 8.08 Å². The van der Waals surface area contributed by atoms with Gasteiger partial charge in [-0.25, -0.2) is 0 Å². The van der Waals surface area contributed by atoms with Crippen LogP contribution >= 0.6 is 0 Å². The number of hydrogen-bond acceptors (Lipinski definition) is 9. The smallest absolute Gasteiger partial charge is 0.484 e. The third kappa shape index (κ3) is 43.1. The molecule has 2 aliphatic rings. The van der Waals surface area contributed by atoms with Crippen molar-refractivity contribution in [2.45, 2.75) is 103 Å². The second kappa shape index (κ2) is 26.2. The first-order valence-corrected chi connectivity index (χ1v) is 33.0. The van der Waals surface area contributed by atoms with Crippen molar-refractivity contribution in [3.05, 3.63) is 12.7 Å². The zero-order valence-electron chi connectivity index (χ0n) is 26.4. The van der Waals surface area contributed by atoms with Crippen molar-refractivity contribution in [1.82, 2.24) is 0 Å². The van der Waals surface area contributed by atoms with Crippen molar-refractivity contribution < 1.29 is 47.1 Å². The summed E-state index contributed by atoms with van der Waals surface area (Å²) in [4.78, 5) is 53.2. The maximum atomic E-state index is 10.2. The monoisotopic (exact) mass is 682 g/mol. The van der Waals surface area contributed by atoms with Gasteiger partial charge in [-0.15, -0.1) is 6.58 Å². The van der Waals surface area contributed by atoms with E-state index in [-0.39, 0.29) is 0 Å². The van der Waals surface area contributed by atoms with E-state index in [1.807, 2.05) is 46.2 Å². The molecule has 6 N–H and O–H groups in total. The molecule has 2 rings (SSSR count). The molecule has 2 aliphatic heterocycles. The van der Waals surface area contributed by atoms with Crippen LogP contribution in [0.3, 0.4) is 0 Å². The van der Waals surface area contributed by atoms with Gasteiger partial charge >= 0.3 is 17.7 Å². The summed E-state index contributed by atoms with van der Waals surface area (Å²) in [6, 6.07) is 2.09. The molecule has 39 heavy (non-hydrogen) atoms. The molecule has 17 heteroatoms. The van der Waals surface area contributed by atoms with Crippen LogP contribution in [0.2, 0.25) is 71.0 Å². The minimum atomic E-state index is -2.66. The zero-order valence-corrected chi connectivity index (χ0v) is 34.1. The highest BCUT2D eigenvalue weighted by atomic mass is 29.6. The van der Waals surface area contributed by atoms with E-state index >= 15 is 0 Å². The molecule has 0 spiro atoms. The van der Waals surface area contributed by atoms with E-state index in [1.165, 1.54) is 0 Å². The van der Waals surface area contributed by atoms with Crippen LogP contribution in [0.15, 0.2) is 12.7 Å². The Bertz CT molecular complexity index is 540. The van der Waals surface area contributed by atoms with E-state index in [2.05, 4.69) is 19.7 Å². The quantitative estimate of drug-likeness (QED) is 0.104. The summed E-state index contributed by atoms with van der Waals surface area (Å²) in [5, 5.41) is 0. The van der Waals surface area contributed by atoms with Crippen LogP contribution in [0.1, 0.15) is 26.2 Å². The summed E-state index contributed by atoms with van der Waals surface area (Å²) in [6.07, 6.45) is 5.29.